The van der Waals surface area contributed by atoms with Crippen molar-refractivity contribution in [3.63, 3.8) is 0 Å². The maximum Gasteiger partial charge on any atom is 0.325 e. The van der Waals surface area contributed by atoms with Gasteiger partial charge in [-0.2, -0.15) is 0 Å². The number of nitrogens with zero attached hydrogens (tertiary/aromatic N) is 2. The van der Waals surface area contributed by atoms with Crippen molar-refractivity contribution in [2.24, 2.45) is 0 Å². The number of ether oxygens (including phenoxy) is 2. The van der Waals surface area contributed by atoms with Crippen LogP contribution < -0.4 is 10.1 Å². The van der Waals surface area contributed by atoms with Crippen LogP contribution in [0.3, 0.4) is 0 Å². The summed E-state index contributed by atoms with van der Waals surface area (Å²) in [7, 11) is 1.62. The second-order valence-electron chi connectivity index (χ2n) is 8.93. The number of nitrogens with one attached hydrogen (secondary N) is 2. The van der Waals surface area contributed by atoms with E-state index in [0.29, 0.717) is 30.4 Å². The quantitative estimate of drug-likeness (QED) is 0.152. The fourth-order valence-corrected chi connectivity index (χ4v) is 5.12. The Labute approximate surface area is 228 Å². The lowest BCUT2D eigenvalue weighted by Gasteiger charge is -2.29. The molecular weight excluding hydrogens is 583 g/mol. The van der Waals surface area contributed by atoms with Crippen LogP contribution in [0.15, 0.2) is 72.8 Å². The average Bonchev–Trinajstić information content (AvgIpc) is 3.45. The van der Waals surface area contributed by atoms with Gasteiger partial charge in [0.05, 0.1) is 17.6 Å². The number of hydrogen-bond acceptors (Lipinski definition) is 5. The molecule has 5 rings (SSSR count). The Balaban J connectivity index is 1.48. The summed E-state index contributed by atoms with van der Waals surface area (Å²) in [6, 6.07) is 21.1. The number of imide groups is 1. The van der Waals surface area contributed by atoms with Gasteiger partial charge in [-0.1, -0.05) is 49.4 Å². The number of hydrogen-bond donors (Lipinski definition) is 2. The Morgan fingerprint density at radius 3 is 2.51 bits per heavy atom. The van der Waals surface area contributed by atoms with Gasteiger partial charge in [0.15, 0.2) is 0 Å². The van der Waals surface area contributed by atoms with Crippen LogP contribution in [-0.4, -0.2) is 47.1 Å². The molecule has 3 atom stereocenters. The van der Waals surface area contributed by atoms with Crippen molar-refractivity contribution in [3.05, 3.63) is 93.3 Å². The Hall–Kier alpha value is -3.44. The number of H-pyrrole nitrogens is 1. The van der Waals surface area contributed by atoms with Crippen LogP contribution in [0.5, 0.6) is 5.75 Å². The smallest absolute Gasteiger partial charge is 0.325 e. The molecule has 2 N–H and O–H groups in total. The molecule has 0 bridgehead atoms. The zero-order valence-electron chi connectivity index (χ0n) is 20.5. The molecule has 0 aliphatic carbocycles. The summed E-state index contributed by atoms with van der Waals surface area (Å²) in [6.45, 7) is 2.92. The van der Waals surface area contributed by atoms with E-state index in [9.17, 15) is 9.59 Å². The van der Waals surface area contributed by atoms with Crippen molar-refractivity contribution >= 4 is 45.6 Å². The summed E-state index contributed by atoms with van der Waals surface area (Å²) in [5, 5.41) is 2.88. The second kappa shape index (κ2) is 10.9. The highest BCUT2D eigenvalue weighted by Crippen LogP contribution is 2.39. The minimum Gasteiger partial charge on any atom is -0.491 e. The van der Waals surface area contributed by atoms with Gasteiger partial charge in [-0.05, 0) is 64.0 Å². The summed E-state index contributed by atoms with van der Waals surface area (Å²) >= 11 is 2.24. The molecule has 0 saturated carbocycles. The maximum absolute atomic E-state index is 13.8. The summed E-state index contributed by atoms with van der Waals surface area (Å²) in [4.78, 5) is 36.6. The summed E-state index contributed by atoms with van der Waals surface area (Å²) < 4.78 is 11.7. The van der Waals surface area contributed by atoms with Crippen LogP contribution in [0.25, 0.3) is 11.0 Å². The van der Waals surface area contributed by atoms with Crippen LogP contribution >= 0.6 is 22.6 Å². The number of benzene rings is 3. The maximum atomic E-state index is 13.8. The highest BCUT2D eigenvalue weighted by atomic mass is 127. The van der Waals surface area contributed by atoms with Crippen molar-refractivity contribution in [2.75, 3.05) is 20.3 Å². The Morgan fingerprint density at radius 1 is 1.03 bits per heavy atom. The first kappa shape index (κ1) is 25.2. The molecular formula is C28H27IN4O4. The van der Waals surface area contributed by atoms with E-state index in [1.54, 1.807) is 31.4 Å². The predicted molar refractivity (Wildman–Crippen MR) is 148 cm³/mol. The van der Waals surface area contributed by atoms with Gasteiger partial charge < -0.3 is 19.8 Å². The Morgan fingerprint density at radius 2 is 1.78 bits per heavy atom. The first-order valence-corrected chi connectivity index (χ1v) is 13.1. The van der Waals surface area contributed by atoms with Crippen LogP contribution in [0.2, 0.25) is 0 Å². The SMILES string of the molecule is COCCOc1ccc([C@H]2NC(=O)N(C(c3nc4cc(I)ccc4[nH]3)[C@@H](C)c3ccccc3)C2=O)cc1. The van der Waals surface area contributed by atoms with E-state index in [0.717, 1.165) is 20.2 Å². The van der Waals surface area contributed by atoms with Gasteiger partial charge in [-0.25, -0.2) is 9.78 Å². The minimum atomic E-state index is -0.795. The molecule has 2 heterocycles. The number of halogens is 1. The molecule has 3 aromatic carbocycles. The van der Waals surface area contributed by atoms with Crippen molar-refractivity contribution in [1.29, 1.82) is 0 Å². The lowest BCUT2D eigenvalue weighted by molar-refractivity contribution is -0.129. The normalized spacial score (nSPS) is 17.2. The number of fused-ring (bicyclic) bond motifs is 1. The first-order chi connectivity index (χ1) is 18.0. The van der Waals surface area contributed by atoms with E-state index in [1.165, 1.54) is 4.90 Å². The number of aromatic nitrogens is 2. The standard InChI is InChI=1S/C28H27IN4O4/c1-17(18-6-4-3-5-7-18)25(26-30-22-13-10-20(29)16-23(22)31-26)33-27(34)24(32-28(33)35)19-8-11-21(12-9-19)37-15-14-36-2/h3-13,16-17,24-25H,14-15H2,1-2H3,(H,30,31)(H,32,35)/t17-,24+,25?/m0/s1. The number of rotatable bonds is 9. The highest BCUT2D eigenvalue weighted by molar-refractivity contribution is 14.1. The molecule has 9 heteroatoms. The zero-order valence-corrected chi connectivity index (χ0v) is 22.6. The van der Waals surface area contributed by atoms with Crippen molar-refractivity contribution in [2.45, 2.75) is 24.9 Å². The first-order valence-electron chi connectivity index (χ1n) is 12.0. The van der Waals surface area contributed by atoms with Crippen LogP contribution in [0.1, 0.15) is 41.9 Å². The Bertz CT molecular complexity index is 1410. The minimum absolute atomic E-state index is 0.203. The fraction of sp³-hybridized carbons (Fsp3) is 0.250. The van der Waals surface area contributed by atoms with Gasteiger partial charge in [0.2, 0.25) is 0 Å². The second-order valence-corrected chi connectivity index (χ2v) is 10.2. The lowest BCUT2D eigenvalue weighted by Crippen LogP contribution is -2.38. The van der Waals surface area contributed by atoms with Crippen molar-refractivity contribution < 1.29 is 19.1 Å². The molecule has 0 spiro atoms. The van der Waals surface area contributed by atoms with Gasteiger partial charge in [-0.3, -0.25) is 9.69 Å². The molecule has 37 heavy (non-hydrogen) atoms. The third-order valence-electron chi connectivity index (χ3n) is 6.56. The molecule has 190 valence electrons. The van der Waals surface area contributed by atoms with E-state index >= 15 is 0 Å². The number of aromatic amines is 1. The fourth-order valence-electron chi connectivity index (χ4n) is 4.64. The average molecular weight is 610 g/mol. The van der Waals surface area contributed by atoms with Crippen LogP contribution in [-0.2, 0) is 9.53 Å². The lowest BCUT2D eigenvalue weighted by atomic mass is 9.91. The molecule has 1 aromatic heterocycles. The van der Waals surface area contributed by atoms with E-state index < -0.39 is 18.1 Å². The number of amides is 3. The van der Waals surface area contributed by atoms with Gasteiger partial charge in [0.1, 0.15) is 30.3 Å². The van der Waals surface area contributed by atoms with Crippen molar-refractivity contribution in [3.8, 4) is 5.75 Å². The van der Waals surface area contributed by atoms with Crippen molar-refractivity contribution in [1.82, 2.24) is 20.2 Å². The third kappa shape index (κ3) is 5.19. The number of carbonyl (C=O) groups excluding carboxylic acids is 2. The van der Waals surface area contributed by atoms with Gasteiger partial charge >= 0.3 is 6.03 Å². The van der Waals surface area contributed by atoms with E-state index in [1.807, 2.05) is 55.5 Å². The third-order valence-corrected chi connectivity index (χ3v) is 7.23. The van der Waals surface area contributed by atoms with Crippen LogP contribution in [0, 0.1) is 3.57 Å². The van der Waals surface area contributed by atoms with Crippen LogP contribution in [0.4, 0.5) is 4.79 Å². The summed E-state index contributed by atoms with van der Waals surface area (Å²) in [6.07, 6.45) is 0. The Kier molecular flexibility index (Phi) is 7.43. The molecule has 1 aliphatic rings. The largest absolute Gasteiger partial charge is 0.491 e. The van der Waals surface area contributed by atoms with Gasteiger partial charge in [0, 0.05) is 16.6 Å². The molecule has 1 unspecified atom stereocenters. The molecule has 1 aliphatic heterocycles. The molecule has 8 nitrogen and oxygen atoms in total. The molecule has 3 amide bonds. The van der Waals surface area contributed by atoms with Gasteiger partial charge in [-0.15, -0.1) is 0 Å². The molecule has 0 radical (unpaired) electrons. The topological polar surface area (TPSA) is 96.6 Å². The van der Waals surface area contributed by atoms with E-state index in [4.69, 9.17) is 14.5 Å². The molecule has 1 fully saturated rings. The van der Waals surface area contributed by atoms with Gasteiger partial charge in [0.25, 0.3) is 5.91 Å². The number of methoxy groups -OCH3 is 1. The number of imidazole rings is 1. The van der Waals surface area contributed by atoms with E-state index in [-0.39, 0.29) is 11.8 Å². The number of carbonyl (C=O) groups is 2. The summed E-state index contributed by atoms with van der Waals surface area (Å²) in [5.41, 5.74) is 3.34. The monoisotopic (exact) mass is 610 g/mol. The predicted octanol–water partition coefficient (Wildman–Crippen LogP) is 5.33. The van der Waals surface area contributed by atoms with E-state index in [2.05, 4.69) is 32.9 Å². The number of urea groups is 1. The zero-order chi connectivity index (χ0) is 25.9. The molecule has 1 saturated heterocycles. The summed E-state index contributed by atoms with van der Waals surface area (Å²) in [5.74, 6) is 0.716. The molecule has 4 aromatic rings. The highest BCUT2D eigenvalue weighted by Gasteiger charge is 2.46.